The molecule has 1 unspecified atom stereocenters. The minimum atomic E-state index is -0.629. The van der Waals surface area contributed by atoms with Crippen molar-refractivity contribution >= 4 is 52.8 Å². The van der Waals surface area contributed by atoms with Crippen molar-refractivity contribution in [2.75, 3.05) is 10.6 Å². The molecule has 0 saturated carbocycles. The van der Waals surface area contributed by atoms with Gasteiger partial charge in [-0.1, -0.05) is 67.6 Å². The number of para-hydroxylation sites is 1. The number of rotatable bonds is 11. The highest BCUT2D eigenvalue weighted by atomic mass is 32.2. The van der Waals surface area contributed by atoms with Crippen LogP contribution in [0.2, 0.25) is 0 Å². The Bertz CT molecular complexity index is 1670. The average Bonchev–Trinajstić information content (AvgIpc) is 3.01. The number of primary amides is 1. The van der Waals surface area contributed by atoms with Crippen LogP contribution in [0.1, 0.15) is 45.2 Å². The van der Waals surface area contributed by atoms with Crippen molar-refractivity contribution in [3.05, 3.63) is 131 Å². The van der Waals surface area contributed by atoms with Crippen LogP contribution in [0.25, 0.3) is 6.08 Å². The Morgan fingerprint density at radius 1 is 0.837 bits per heavy atom. The van der Waals surface area contributed by atoms with Crippen molar-refractivity contribution in [2.24, 2.45) is 5.73 Å². The third kappa shape index (κ3) is 8.43. The van der Waals surface area contributed by atoms with Crippen LogP contribution in [0.5, 0.6) is 0 Å². The van der Waals surface area contributed by atoms with Crippen molar-refractivity contribution in [1.82, 2.24) is 5.32 Å². The zero-order valence-electron chi connectivity index (χ0n) is 23.8. The van der Waals surface area contributed by atoms with Crippen molar-refractivity contribution in [1.29, 1.82) is 0 Å². The van der Waals surface area contributed by atoms with E-state index < -0.39 is 23.0 Å². The molecule has 43 heavy (non-hydrogen) atoms. The van der Waals surface area contributed by atoms with E-state index in [0.717, 1.165) is 16.0 Å². The number of nitrogens with one attached hydrogen (secondary N) is 3. The number of hydrogen-bond donors (Lipinski definition) is 4. The molecule has 8 nitrogen and oxygen atoms in total. The zero-order chi connectivity index (χ0) is 30.8. The highest BCUT2D eigenvalue weighted by Gasteiger charge is 2.21. The predicted molar refractivity (Wildman–Crippen MR) is 172 cm³/mol. The van der Waals surface area contributed by atoms with Gasteiger partial charge in [0.25, 0.3) is 17.7 Å². The smallest absolute Gasteiger partial charge is 0.272 e. The summed E-state index contributed by atoms with van der Waals surface area (Å²) < 4.78 is 0. The summed E-state index contributed by atoms with van der Waals surface area (Å²) in [6, 6.07) is 29.9. The summed E-state index contributed by atoms with van der Waals surface area (Å²) in [6.45, 7) is 3.81. The lowest BCUT2D eigenvalue weighted by Gasteiger charge is -2.17. The van der Waals surface area contributed by atoms with Crippen molar-refractivity contribution < 1.29 is 19.2 Å². The Balaban J connectivity index is 1.51. The normalized spacial score (nSPS) is 11.7. The molecule has 1 atom stereocenters. The second-order valence-corrected chi connectivity index (χ2v) is 10.9. The fraction of sp³-hybridized carbons (Fsp3) is 0.118. The summed E-state index contributed by atoms with van der Waals surface area (Å²) in [4.78, 5) is 52.0. The lowest BCUT2D eigenvalue weighted by atomic mass is 10.1. The molecule has 0 saturated heterocycles. The molecule has 0 aliphatic rings. The van der Waals surface area contributed by atoms with Gasteiger partial charge in [0.05, 0.1) is 16.5 Å². The number of amides is 4. The van der Waals surface area contributed by atoms with Crippen molar-refractivity contribution in [3.8, 4) is 0 Å². The molecule has 0 aliphatic carbocycles. The number of aryl methyl sites for hydroxylation is 1. The number of benzene rings is 4. The summed E-state index contributed by atoms with van der Waals surface area (Å²) in [6.07, 6.45) is 2.16. The first-order valence-corrected chi connectivity index (χ1v) is 14.5. The summed E-state index contributed by atoms with van der Waals surface area (Å²) in [7, 11) is 0. The third-order valence-corrected chi connectivity index (χ3v) is 7.86. The molecule has 0 bridgehead atoms. The van der Waals surface area contributed by atoms with E-state index in [1.165, 1.54) is 11.8 Å². The van der Waals surface area contributed by atoms with Gasteiger partial charge in [0.2, 0.25) is 5.91 Å². The van der Waals surface area contributed by atoms with E-state index >= 15 is 0 Å². The largest absolute Gasteiger partial charge is 0.366 e. The van der Waals surface area contributed by atoms with Gasteiger partial charge < -0.3 is 21.7 Å². The fourth-order valence-electron chi connectivity index (χ4n) is 4.20. The molecule has 5 N–H and O–H groups in total. The maximum Gasteiger partial charge on any atom is 0.272 e. The number of carbonyl (C=O) groups excluding carboxylic acids is 4. The van der Waals surface area contributed by atoms with Gasteiger partial charge in [-0.15, -0.1) is 11.8 Å². The lowest BCUT2D eigenvalue weighted by Crippen LogP contribution is -2.30. The topological polar surface area (TPSA) is 130 Å². The second-order valence-electron chi connectivity index (χ2n) is 9.63. The third-order valence-electron chi connectivity index (χ3n) is 6.50. The summed E-state index contributed by atoms with van der Waals surface area (Å²) in [5.41, 5.74) is 8.77. The first kappa shape index (κ1) is 30.8. The molecule has 0 radical (unpaired) electrons. The first-order chi connectivity index (χ1) is 20.7. The molecule has 218 valence electrons. The lowest BCUT2D eigenvalue weighted by molar-refractivity contribution is -0.116. The number of anilines is 2. The predicted octanol–water partition coefficient (Wildman–Crippen LogP) is 6.01. The minimum absolute atomic E-state index is 0.0835. The van der Waals surface area contributed by atoms with Crippen LogP contribution in [-0.4, -0.2) is 28.9 Å². The van der Waals surface area contributed by atoms with Gasteiger partial charge in [0, 0.05) is 16.1 Å². The van der Waals surface area contributed by atoms with Crippen LogP contribution in [0.4, 0.5) is 11.4 Å². The van der Waals surface area contributed by atoms with Gasteiger partial charge in [0.1, 0.15) is 5.70 Å². The van der Waals surface area contributed by atoms with Gasteiger partial charge in [0.15, 0.2) is 0 Å². The van der Waals surface area contributed by atoms with E-state index in [-0.39, 0.29) is 17.2 Å². The van der Waals surface area contributed by atoms with Crippen LogP contribution in [-0.2, 0) is 9.59 Å². The van der Waals surface area contributed by atoms with Crippen LogP contribution < -0.4 is 21.7 Å². The maximum atomic E-state index is 13.5. The average molecular weight is 593 g/mol. The fourth-order valence-corrected chi connectivity index (χ4v) is 5.21. The summed E-state index contributed by atoms with van der Waals surface area (Å²) >= 11 is 1.33. The molecular formula is C34H32N4O4S. The van der Waals surface area contributed by atoms with Gasteiger partial charge >= 0.3 is 0 Å². The van der Waals surface area contributed by atoms with Crippen molar-refractivity contribution in [3.63, 3.8) is 0 Å². The van der Waals surface area contributed by atoms with Crippen molar-refractivity contribution in [2.45, 2.75) is 30.4 Å². The number of thioether (sulfide) groups is 1. The number of carbonyl (C=O) groups is 4. The van der Waals surface area contributed by atoms with E-state index in [2.05, 4.69) is 16.0 Å². The molecule has 0 heterocycles. The van der Waals surface area contributed by atoms with Gasteiger partial charge in [-0.3, -0.25) is 19.2 Å². The van der Waals surface area contributed by atoms with E-state index in [0.29, 0.717) is 23.4 Å². The maximum absolute atomic E-state index is 13.5. The summed E-state index contributed by atoms with van der Waals surface area (Å²) in [5, 5.41) is 7.95. The monoisotopic (exact) mass is 592 g/mol. The second kappa shape index (κ2) is 14.7. The number of hydrogen-bond acceptors (Lipinski definition) is 5. The highest BCUT2D eigenvalue weighted by molar-refractivity contribution is 8.00. The SMILES string of the molecule is CCC(Sc1cccc(NC(=O)/C(=C\c2ccccc2C)NC(=O)c2ccccc2)c1)C(=O)Nc1ccccc1C(N)=O. The Morgan fingerprint density at radius 2 is 1.53 bits per heavy atom. The Labute approximate surface area is 254 Å². The van der Waals surface area contributed by atoms with Crippen LogP contribution in [0, 0.1) is 6.92 Å². The van der Waals surface area contributed by atoms with E-state index in [4.69, 9.17) is 5.73 Å². The standard InChI is InChI=1S/C34H32N4O4S/c1-3-30(34(42)37-28-19-10-9-18-27(28)31(35)39)43-26-17-11-16-25(21-26)36-33(41)29(20-24-15-8-7-12-22(24)2)38-32(40)23-13-5-4-6-14-23/h4-21,30H,3H2,1-2H3,(H2,35,39)(H,36,41)(H,37,42)(H,38,40)/b29-20+. The Morgan fingerprint density at radius 3 is 2.26 bits per heavy atom. The molecule has 0 spiro atoms. The minimum Gasteiger partial charge on any atom is -0.366 e. The molecule has 4 amide bonds. The van der Waals surface area contributed by atoms with Gasteiger partial charge in [-0.25, -0.2) is 0 Å². The molecular weight excluding hydrogens is 560 g/mol. The van der Waals surface area contributed by atoms with Gasteiger partial charge in [-0.05, 0) is 73.0 Å². The molecule has 4 aromatic rings. The van der Waals surface area contributed by atoms with E-state index in [1.54, 1.807) is 72.8 Å². The Kier molecular flexibility index (Phi) is 10.5. The highest BCUT2D eigenvalue weighted by Crippen LogP contribution is 2.29. The van der Waals surface area contributed by atoms with Crippen LogP contribution in [0.15, 0.2) is 114 Å². The molecule has 4 aromatic carbocycles. The first-order valence-electron chi connectivity index (χ1n) is 13.7. The Hall–Kier alpha value is -5.15. The molecule has 0 aliphatic heterocycles. The molecule has 4 rings (SSSR count). The van der Waals surface area contributed by atoms with Crippen LogP contribution in [0.3, 0.4) is 0 Å². The molecule has 9 heteroatoms. The van der Waals surface area contributed by atoms with E-state index in [1.807, 2.05) is 50.2 Å². The van der Waals surface area contributed by atoms with Gasteiger partial charge in [-0.2, -0.15) is 0 Å². The van der Waals surface area contributed by atoms with E-state index in [9.17, 15) is 19.2 Å². The summed E-state index contributed by atoms with van der Waals surface area (Å²) in [5.74, 6) is -1.81. The van der Waals surface area contributed by atoms with Crippen LogP contribution >= 0.6 is 11.8 Å². The zero-order valence-corrected chi connectivity index (χ0v) is 24.6. The quantitative estimate of drug-likeness (QED) is 0.125. The molecule has 0 fully saturated rings. The number of nitrogens with two attached hydrogens (primary N) is 1. The molecule has 0 aromatic heterocycles.